The molecule has 0 unspecified atom stereocenters. The van der Waals surface area contributed by atoms with Gasteiger partial charge in [-0.1, -0.05) is 23.7 Å². The Bertz CT molecular complexity index is 627. The summed E-state index contributed by atoms with van der Waals surface area (Å²) in [6.45, 7) is 0. The Hall–Kier alpha value is -1.94. The molecule has 0 radical (unpaired) electrons. The summed E-state index contributed by atoms with van der Waals surface area (Å²) < 4.78 is 5.73. The van der Waals surface area contributed by atoms with Gasteiger partial charge in [0, 0.05) is 5.56 Å². The Kier molecular flexibility index (Phi) is 3.17. The summed E-state index contributed by atoms with van der Waals surface area (Å²) in [5, 5.41) is 0.161. The van der Waals surface area contributed by atoms with Crippen LogP contribution < -0.4 is 4.74 Å². The van der Waals surface area contributed by atoms with Crippen LogP contribution in [-0.4, -0.2) is 22.4 Å². The van der Waals surface area contributed by atoms with E-state index in [-0.39, 0.29) is 5.15 Å². The minimum Gasteiger partial charge on any atom is -0.490 e. The molecular formula is C14H11ClN2O2. The van der Waals surface area contributed by atoms with Crippen molar-refractivity contribution in [2.45, 2.75) is 18.9 Å². The summed E-state index contributed by atoms with van der Waals surface area (Å²) >= 11 is 5.90. The number of nitrogens with zero attached hydrogens (tertiary/aromatic N) is 2. The third-order valence-electron chi connectivity index (χ3n) is 2.89. The highest BCUT2D eigenvalue weighted by molar-refractivity contribution is 6.32. The molecule has 0 bridgehead atoms. The molecule has 3 rings (SSSR count). The third-order valence-corrected chi connectivity index (χ3v) is 3.19. The molecule has 0 spiro atoms. The summed E-state index contributed by atoms with van der Waals surface area (Å²) in [6.07, 6.45) is 4.55. The molecule has 96 valence electrons. The first-order chi connectivity index (χ1) is 9.28. The number of carbonyl (C=O) groups excluding carboxylic acids is 1. The van der Waals surface area contributed by atoms with Crippen LogP contribution in [0.15, 0.2) is 30.6 Å². The van der Waals surface area contributed by atoms with Crippen LogP contribution in [0.25, 0.3) is 11.3 Å². The number of ether oxygens (including phenoxy) is 1. The molecule has 0 amide bonds. The lowest BCUT2D eigenvalue weighted by Crippen LogP contribution is -1.98. The Morgan fingerprint density at radius 2 is 2.16 bits per heavy atom. The van der Waals surface area contributed by atoms with Gasteiger partial charge >= 0.3 is 0 Å². The molecule has 1 aromatic heterocycles. The van der Waals surface area contributed by atoms with Crippen molar-refractivity contribution in [2.75, 3.05) is 0 Å². The first kappa shape index (κ1) is 12.1. The Labute approximate surface area is 115 Å². The van der Waals surface area contributed by atoms with Crippen LogP contribution in [0.2, 0.25) is 5.15 Å². The van der Waals surface area contributed by atoms with Crippen molar-refractivity contribution in [1.29, 1.82) is 0 Å². The summed E-state index contributed by atoms with van der Waals surface area (Å²) in [5.41, 5.74) is 1.62. The first-order valence-corrected chi connectivity index (χ1v) is 6.38. The van der Waals surface area contributed by atoms with E-state index in [0.717, 1.165) is 24.2 Å². The van der Waals surface area contributed by atoms with Crippen LogP contribution in [0.4, 0.5) is 0 Å². The van der Waals surface area contributed by atoms with Crippen LogP contribution in [0.1, 0.15) is 23.2 Å². The third kappa shape index (κ3) is 2.58. The summed E-state index contributed by atoms with van der Waals surface area (Å²) in [5.74, 6) is 0.784. The number of rotatable bonds is 4. The fourth-order valence-corrected chi connectivity index (χ4v) is 1.98. The minimum absolute atomic E-state index is 0.161. The van der Waals surface area contributed by atoms with E-state index in [1.165, 1.54) is 6.33 Å². The maximum atomic E-state index is 11.1. The van der Waals surface area contributed by atoms with Crippen LogP contribution in [0.3, 0.4) is 0 Å². The molecule has 0 atom stereocenters. The predicted octanol–water partition coefficient (Wildman–Crippen LogP) is 3.15. The van der Waals surface area contributed by atoms with Crippen molar-refractivity contribution in [3.8, 4) is 17.0 Å². The van der Waals surface area contributed by atoms with Crippen molar-refractivity contribution < 1.29 is 9.53 Å². The van der Waals surface area contributed by atoms with Crippen LogP contribution >= 0.6 is 11.6 Å². The van der Waals surface area contributed by atoms with Gasteiger partial charge in [0.05, 0.1) is 17.4 Å². The number of aromatic nitrogens is 2. The molecule has 5 heteroatoms. The van der Waals surface area contributed by atoms with Gasteiger partial charge in [-0.2, -0.15) is 0 Å². The average molecular weight is 275 g/mol. The molecule has 1 fully saturated rings. The number of hydrogen-bond donors (Lipinski definition) is 0. The topological polar surface area (TPSA) is 52.1 Å². The van der Waals surface area contributed by atoms with Gasteiger partial charge in [0.2, 0.25) is 0 Å². The molecule has 1 saturated carbocycles. The predicted molar refractivity (Wildman–Crippen MR) is 71.5 cm³/mol. The second-order valence-electron chi connectivity index (χ2n) is 4.39. The van der Waals surface area contributed by atoms with Crippen molar-refractivity contribution in [3.05, 3.63) is 41.3 Å². The summed E-state index contributed by atoms with van der Waals surface area (Å²) in [7, 11) is 0. The molecule has 19 heavy (non-hydrogen) atoms. The zero-order valence-corrected chi connectivity index (χ0v) is 10.8. The van der Waals surface area contributed by atoms with Gasteiger partial charge in [0.25, 0.3) is 0 Å². The van der Waals surface area contributed by atoms with E-state index >= 15 is 0 Å². The smallest absolute Gasteiger partial charge is 0.155 e. The molecule has 1 aromatic carbocycles. The van der Waals surface area contributed by atoms with Gasteiger partial charge in [0.1, 0.15) is 17.2 Å². The lowest BCUT2D eigenvalue weighted by atomic mass is 10.1. The Morgan fingerprint density at radius 1 is 1.32 bits per heavy atom. The second-order valence-corrected chi connectivity index (χ2v) is 4.75. The van der Waals surface area contributed by atoms with Crippen LogP contribution in [0, 0.1) is 0 Å². The maximum absolute atomic E-state index is 11.1. The lowest BCUT2D eigenvalue weighted by Gasteiger charge is -2.08. The highest BCUT2D eigenvalue weighted by Crippen LogP contribution is 2.30. The maximum Gasteiger partial charge on any atom is 0.155 e. The zero-order valence-electron chi connectivity index (χ0n) is 10.0. The number of aldehydes is 1. The first-order valence-electron chi connectivity index (χ1n) is 6.00. The van der Waals surface area contributed by atoms with E-state index in [9.17, 15) is 4.79 Å². The quantitative estimate of drug-likeness (QED) is 0.635. The molecule has 1 heterocycles. The molecule has 0 N–H and O–H groups in total. The van der Waals surface area contributed by atoms with Crippen LogP contribution in [0.5, 0.6) is 5.75 Å². The van der Waals surface area contributed by atoms with Gasteiger partial charge in [-0.25, -0.2) is 9.97 Å². The van der Waals surface area contributed by atoms with Gasteiger partial charge in [-0.05, 0) is 25.0 Å². The van der Waals surface area contributed by atoms with Gasteiger partial charge in [-0.15, -0.1) is 0 Å². The average Bonchev–Trinajstić information content (AvgIpc) is 3.23. The second kappa shape index (κ2) is 4.97. The largest absolute Gasteiger partial charge is 0.490 e. The van der Waals surface area contributed by atoms with Crippen molar-refractivity contribution in [1.82, 2.24) is 9.97 Å². The van der Waals surface area contributed by atoms with Gasteiger partial charge in [0.15, 0.2) is 6.29 Å². The van der Waals surface area contributed by atoms with Gasteiger partial charge < -0.3 is 4.74 Å². The molecule has 0 aliphatic heterocycles. The molecule has 1 aliphatic rings. The van der Waals surface area contributed by atoms with E-state index in [2.05, 4.69) is 9.97 Å². The fraction of sp³-hybridized carbons (Fsp3) is 0.214. The van der Waals surface area contributed by atoms with Gasteiger partial charge in [-0.3, -0.25) is 4.79 Å². The molecular weight excluding hydrogens is 264 g/mol. The molecule has 2 aromatic rings. The number of hydrogen-bond acceptors (Lipinski definition) is 4. The molecule has 1 aliphatic carbocycles. The van der Waals surface area contributed by atoms with E-state index in [1.807, 2.05) is 24.3 Å². The summed E-state index contributed by atoms with van der Waals surface area (Å²) in [6, 6.07) is 7.50. The van der Waals surface area contributed by atoms with E-state index in [0.29, 0.717) is 23.6 Å². The SMILES string of the molecule is O=Cc1c(Cl)ncnc1-c1cccc(OC2CC2)c1. The number of carbonyl (C=O) groups is 1. The minimum atomic E-state index is 0.161. The van der Waals surface area contributed by atoms with Crippen molar-refractivity contribution in [3.63, 3.8) is 0 Å². The summed E-state index contributed by atoms with van der Waals surface area (Å²) in [4.78, 5) is 19.0. The Balaban J connectivity index is 2.01. The highest BCUT2D eigenvalue weighted by Gasteiger charge is 2.23. The monoisotopic (exact) mass is 274 g/mol. The standard InChI is InChI=1S/C14H11ClN2O2/c15-14-12(7-18)13(16-8-17-14)9-2-1-3-11(6-9)19-10-4-5-10/h1-3,6-8,10H,4-5H2. The van der Waals surface area contributed by atoms with E-state index in [4.69, 9.17) is 16.3 Å². The zero-order chi connectivity index (χ0) is 13.2. The fourth-order valence-electron chi connectivity index (χ4n) is 1.80. The molecule has 0 saturated heterocycles. The number of halogens is 1. The molecule has 4 nitrogen and oxygen atoms in total. The lowest BCUT2D eigenvalue weighted by molar-refractivity contribution is 0.112. The Morgan fingerprint density at radius 3 is 2.89 bits per heavy atom. The van der Waals surface area contributed by atoms with Crippen LogP contribution in [-0.2, 0) is 0 Å². The number of benzene rings is 1. The van der Waals surface area contributed by atoms with E-state index in [1.54, 1.807) is 0 Å². The normalized spacial score (nSPS) is 14.2. The van der Waals surface area contributed by atoms with Crippen molar-refractivity contribution in [2.24, 2.45) is 0 Å². The van der Waals surface area contributed by atoms with E-state index < -0.39 is 0 Å². The highest BCUT2D eigenvalue weighted by atomic mass is 35.5. The van der Waals surface area contributed by atoms with Crippen molar-refractivity contribution >= 4 is 17.9 Å².